The van der Waals surface area contributed by atoms with Gasteiger partial charge in [-0.3, -0.25) is 4.90 Å². The molecule has 0 radical (unpaired) electrons. The van der Waals surface area contributed by atoms with Crippen molar-refractivity contribution in [3.8, 4) is 23.0 Å². The van der Waals surface area contributed by atoms with Crippen LogP contribution in [-0.4, -0.2) is 44.9 Å². The minimum absolute atomic E-state index is 0.0362. The number of para-hydroxylation sites is 2. The molecule has 0 saturated heterocycles. The highest BCUT2D eigenvalue weighted by molar-refractivity contribution is 5.49. The second-order valence-corrected chi connectivity index (χ2v) is 6.82. The van der Waals surface area contributed by atoms with Crippen LogP contribution in [0.5, 0.6) is 23.0 Å². The number of methoxy groups -OCH3 is 2. The molecule has 2 heterocycles. The number of nitrogens with zero attached hydrogens (tertiary/aromatic N) is 1. The van der Waals surface area contributed by atoms with Gasteiger partial charge < -0.3 is 18.9 Å². The van der Waals surface area contributed by atoms with E-state index in [2.05, 4.69) is 24.0 Å². The molecule has 0 spiro atoms. The van der Waals surface area contributed by atoms with Crippen molar-refractivity contribution in [2.24, 2.45) is 0 Å². The van der Waals surface area contributed by atoms with E-state index in [9.17, 15) is 0 Å². The van der Waals surface area contributed by atoms with E-state index in [0.717, 1.165) is 42.5 Å². The minimum Gasteiger partial charge on any atom is -0.493 e. The minimum atomic E-state index is 0.0362. The summed E-state index contributed by atoms with van der Waals surface area (Å²) in [5, 5.41) is 0. The summed E-state index contributed by atoms with van der Waals surface area (Å²) >= 11 is 0. The summed E-state index contributed by atoms with van der Waals surface area (Å²) in [5.74, 6) is 3.25. The van der Waals surface area contributed by atoms with Gasteiger partial charge in [0.1, 0.15) is 12.7 Å². The average molecular weight is 355 g/mol. The summed E-state index contributed by atoms with van der Waals surface area (Å²) in [5.41, 5.74) is 2.63. The topological polar surface area (TPSA) is 40.2 Å². The summed E-state index contributed by atoms with van der Waals surface area (Å²) in [6, 6.07) is 12.4. The van der Waals surface area contributed by atoms with Gasteiger partial charge >= 0.3 is 0 Å². The molecule has 4 rings (SSSR count). The molecule has 138 valence electrons. The number of benzene rings is 2. The summed E-state index contributed by atoms with van der Waals surface area (Å²) in [6.07, 6.45) is 1.03. The molecule has 0 bridgehead atoms. The Balaban J connectivity index is 1.50. The molecule has 0 amide bonds. The van der Waals surface area contributed by atoms with Crippen LogP contribution < -0.4 is 18.9 Å². The lowest BCUT2D eigenvalue weighted by Crippen LogP contribution is -2.44. The number of fused-ring (bicyclic) bond motifs is 2. The first-order valence-electron chi connectivity index (χ1n) is 9.07. The van der Waals surface area contributed by atoms with Crippen LogP contribution in [0.3, 0.4) is 0 Å². The molecule has 0 fully saturated rings. The first-order valence-corrected chi connectivity index (χ1v) is 9.07. The molecule has 2 aromatic rings. The van der Waals surface area contributed by atoms with Crippen molar-refractivity contribution in [3.05, 3.63) is 47.5 Å². The molecule has 0 saturated carbocycles. The van der Waals surface area contributed by atoms with Crippen LogP contribution in [0.25, 0.3) is 0 Å². The normalized spacial score (nSPS) is 21.8. The van der Waals surface area contributed by atoms with Crippen molar-refractivity contribution in [2.45, 2.75) is 25.5 Å². The van der Waals surface area contributed by atoms with E-state index in [1.165, 1.54) is 11.1 Å². The van der Waals surface area contributed by atoms with E-state index in [1.807, 2.05) is 24.3 Å². The molecule has 26 heavy (non-hydrogen) atoms. The summed E-state index contributed by atoms with van der Waals surface area (Å²) in [4.78, 5) is 2.45. The van der Waals surface area contributed by atoms with E-state index in [-0.39, 0.29) is 6.10 Å². The van der Waals surface area contributed by atoms with Gasteiger partial charge in [0.25, 0.3) is 0 Å². The van der Waals surface area contributed by atoms with Crippen LogP contribution in [0.15, 0.2) is 36.4 Å². The quantitative estimate of drug-likeness (QED) is 0.840. The van der Waals surface area contributed by atoms with Crippen molar-refractivity contribution in [1.29, 1.82) is 0 Å². The molecule has 5 nitrogen and oxygen atoms in total. The van der Waals surface area contributed by atoms with Crippen molar-refractivity contribution in [2.75, 3.05) is 33.9 Å². The lowest BCUT2D eigenvalue weighted by molar-refractivity contribution is 0.0447. The van der Waals surface area contributed by atoms with E-state index in [4.69, 9.17) is 18.9 Å². The van der Waals surface area contributed by atoms with Crippen LogP contribution in [-0.2, 0) is 6.42 Å². The number of hydrogen-bond acceptors (Lipinski definition) is 5. The van der Waals surface area contributed by atoms with Gasteiger partial charge in [0.05, 0.1) is 14.2 Å². The van der Waals surface area contributed by atoms with Crippen LogP contribution in [0.2, 0.25) is 0 Å². The maximum absolute atomic E-state index is 6.14. The number of rotatable bonds is 4. The lowest BCUT2D eigenvalue weighted by atomic mass is 9.92. The van der Waals surface area contributed by atoms with Gasteiger partial charge in [-0.1, -0.05) is 12.1 Å². The largest absolute Gasteiger partial charge is 0.493 e. The zero-order valence-electron chi connectivity index (χ0n) is 15.5. The number of ether oxygens (including phenoxy) is 4. The zero-order valence-corrected chi connectivity index (χ0v) is 15.5. The maximum Gasteiger partial charge on any atom is 0.161 e. The molecular weight excluding hydrogens is 330 g/mol. The SMILES string of the molecule is COc1cc2c(cc1OC)C(C)N(CC1COc3ccccc3O1)CC2. The van der Waals surface area contributed by atoms with Crippen LogP contribution >= 0.6 is 0 Å². The highest BCUT2D eigenvalue weighted by Gasteiger charge is 2.30. The highest BCUT2D eigenvalue weighted by atomic mass is 16.6. The third kappa shape index (κ3) is 3.07. The van der Waals surface area contributed by atoms with E-state index >= 15 is 0 Å². The Hall–Kier alpha value is -2.40. The Morgan fingerprint density at radius 3 is 2.58 bits per heavy atom. The Morgan fingerprint density at radius 1 is 1.08 bits per heavy atom. The fourth-order valence-electron chi connectivity index (χ4n) is 3.86. The summed E-state index contributed by atoms with van der Waals surface area (Å²) in [6.45, 7) is 4.65. The summed E-state index contributed by atoms with van der Waals surface area (Å²) in [7, 11) is 3.36. The Bertz CT molecular complexity index is 792. The van der Waals surface area contributed by atoms with Crippen LogP contribution in [0.4, 0.5) is 0 Å². The third-order valence-corrected chi connectivity index (χ3v) is 5.32. The van der Waals surface area contributed by atoms with Crippen LogP contribution in [0, 0.1) is 0 Å². The molecule has 2 aromatic carbocycles. The molecule has 5 heteroatoms. The number of hydrogen-bond donors (Lipinski definition) is 0. The molecule has 2 unspecified atom stereocenters. The molecule has 2 aliphatic heterocycles. The molecule has 2 atom stereocenters. The zero-order chi connectivity index (χ0) is 18.1. The fraction of sp³-hybridized carbons (Fsp3) is 0.429. The Kier molecular flexibility index (Phi) is 4.64. The Labute approximate surface area is 154 Å². The second kappa shape index (κ2) is 7.08. The smallest absolute Gasteiger partial charge is 0.161 e. The predicted octanol–water partition coefficient (Wildman–Crippen LogP) is 3.46. The first kappa shape index (κ1) is 17.0. The van der Waals surface area contributed by atoms with Crippen molar-refractivity contribution in [3.63, 3.8) is 0 Å². The van der Waals surface area contributed by atoms with Gasteiger partial charge in [-0.15, -0.1) is 0 Å². The monoisotopic (exact) mass is 355 g/mol. The highest BCUT2D eigenvalue weighted by Crippen LogP contribution is 2.38. The molecule has 0 aliphatic carbocycles. The van der Waals surface area contributed by atoms with Gasteiger partial charge in [0.15, 0.2) is 23.0 Å². The van der Waals surface area contributed by atoms with Gasteiger partial charge in [-0.05, 0) is 48.7 Å². The summed E-state index contributed by atoms with van der Waals surface area (Å²) < 4.78 is 22.9. The maximum atomic E-state index is 6.14. The van der Waals surface area contributed by atoms with Crippen LogP contribution in [0.1, 0.15) is 24.1 Å². The molecule has 0 aromatic heterocycles. The standard InChI is InChI=1S/C21H25NO4/c1-14-17-11-21(24-3)20(23-2)10-15(17)8-9-22(14)12-16-13-25-18-6-4-5-7-19(18)26-16/h4-7,10-11,14,16H,8-9,12-13H2,1-3H3. The average Bonchev–Trinajstić information content (AvgIpc) is 2.69. The van der Waals surface area contributed by atoms with Gasteiger partial charge in [0.2, 0.25) is 0 Å². The third-order valence-electron chi connectivity index (χ3n) is 5.32. The van der Waals surface area contributed by atoms with Gasteiger partial charge in [-0.25, -0.2) is 0 Å². The van der Waals surface area contributed by atoms with Crippen molar-refractivity contribution >= 4 is 0 Å². The molecular formula is C21H25NO4. The Morgan fingerprint density at radius 2 is 1.81 bits per heavy atom. The lowest BCUT2D eigenvalue weighted by Gasteiger charge is -2.38. The second-order valence-electron chi connectivity index (χ2n) is 6.82. The molecule has 0 N–H and O–H groups in total. The molecule has 2 aliphatic rings. The van der Waals surface area contributed by atoms with E-state index in [1.54, 1.807) is 14.2 Å². The van der Waals surface area contributed by atoms with E-state index < -0.39 is 0 Å². The van der Waals surface area contributed by atoms with Gasteiger partial charge in [0, 0.05) is 19.1 Å². The van der Waals surface area contributed by atoms with Crippen molar-refractivity contribution < 1.29 is 18.9 Å². The fourth-order valence-corrected chi connectivity index (χ4v) is 3.86. The van der Waals surface area contributed by atoms with E-state index in [0.29, 0.717) is 12.6 Å². The van der Waals surface area contributed by atoms with Gasteiger partial charge in [-0.2, -0.15) is 0 Å². The first-order chi connectivity index (χ1) is 12.7. The van der Waals surface area contributed by atoms with Crippen molar-refractivity contribution in [1.82, 2.24) is 4.90 Å². The predicted molar refractivity (Wildman–Crippen MR) is 99.6 cm³/mol.